The molecule has 1 aliphatic heterocycles. The van der Waals surface area contributed by atoms with Crippen molar-refractivity contribution in [3.05, 3.63) is 48.3 Å². The standard InChI is InChI=1S/C21H20F6N2O4S/c1-19(2,34(31,32)16-5-3-4-15(11-16)33-21(25,26)27)13-8-9-29(18(30)10-13)14-6-7-17(28-12-14)20(22,23)24/h3-7,11-13H,8-10H2,1-2H3/t13-/m1/s1. The molecule has 34 heavy (non-hydrogen) atoms. The highest BCUT2D eigenvalue weighted by Gasteiger charge is 2.46. The van der Waals surface area contributed by atoms with Crippen molar-refractivity contribution in [1.29, 1.82) is 0 Å². The Morgan fingerprint density at radius 3 is 2.26 bits per heavy atom. The van der Waals surface area contributed by atoms with Gasteiger partial charge in [-0.05, 0) is 56.5 Å². The van der Waals surface area contributed by atoms with Crippen molar-refractivity contribution in [2.24, 2.45) is 5.92 Å². The van der Waals surface area contributed by atoms with E-state index in [4.69, 9.17) is 0 Å². The van der Waals surface area contributed by atoms with Crippen molar-refractivity contribution in [2.75, 3.05) is 11.4 Å². The molecule has 3 rings (SSSR count). The van der Waals surface area contributed by atoms with Crippen LogP contribution in [-0.4, -0.2) is 37.0 Å². The lowest BCUT2D eigenvalue weighted by atomic mass is 9.85. The monoisotopic (exact) mass is 510 g/mol. The lowest BCUT2D eigenvalue weighted by Gasteiger charge is -2.39. The maximum absolute atomic E-state index is 13.3. The lowest BCUT2D eigenvalue weighted by molar-refractivity contribution is -0.274. The Labute approximate surface area is 191 Å². The number of hydrogen-bond donors (Lipinski definition) is 0. The summed E-state index contributed by atoms with van der Waals surface area (Å²) < 4.78 is 105. The van der Waals surface area contributed by atoms with Gasteiger partial charge in [-0.2, -0.15) is 13.2 Å². The van der Waals surface area contributed by atoms with E-state index in [0.717, 1.165) is 42.6 Å². The van der Waals surface area contributed by atoms with Crippen LogP contribution < -0.4 is 9.64 Å². The van der Waals surface area contributed by atoms with Crippen molar-refractivity contribution < 1.29 is 44.3 Å². The molecule has 0 bridgehead atoms. The van der Waals surface area contributed by atoms with Gasteiger partial charge in [0.1, 0.15) is 11.4 Å². The first kappa shape index (κ1) is 25.8. The van der Waals surface area contributed by atoms with Crippen molar-refractivity contribution >= 4 is 21.4 Å². The van der Waals surface area contributed by atoms with E-state index in [1.165, 1.54) is 18.7 Å². The van der Waals surface area contributed by atoms with Crippen molar-refractivity contribution in [2.45, 2.75) is 48.9 Å². The zero-order valence-electron chi connectivity index (χ0n) is 17.9. The largest absolute Gasteiger partial charge is 0.573 e. The number of amides is 1. The van der Waals surface area contributed by atoms with Gasteiger partial charge in [0.2, 0.25) is 5.91 Å². The number of anilines is 1. The highest BCUT2D eigenvalue weighted by Crippen LogP contribution is 2.40. The molecule has 2 aromatic rings. The van der Waals surface area contributed by atoms with Gasteiger partial charge in [-0.25, -0.2) is 13.4 Å². The molecule has 13 heteroatoms. The van der Waals surface area contributed by atoms with Crippen molar-refractivity contribution in [3.8, 4) is 5.75 Å². The van der Waals surface area contributed by atoms with Crippen LogP contribution in [0, 0.1) is 5.92 Å². The molecular weight excluding hydrogens is 490 g/mol. The van der Waals surface area contributed by atoms with Crippen molar-refractivity contribution in [1.82, 2.24) is 4.98 Å². The number of carbonyl (C=O) groups is 1. The molecule has 0 spiro atoms. The van der Waals surface area contributed by atoms with Gasteiger partial charge < -0.3 is 9.64 Å². The third-order valence-corrected chi connectivity index (χ3v) is 8.39. The average molecular weight is 510 g/mol. The van der Waals surface area contributed by atoms with E-state index < -0.39 is 50.4 Å². The smallest absolute Gasteiger partial charge is 0.406 e. The lowest BCUT2D eigenvalue weighted by Crippen LogP contribution is -2.48. The molecule has 0 saturated carbocycles. The van der Waals surface area contributed by atoms with E-state index in [2.05, 4.69) is 9.72 Å². The molecule has 1 aromatic heterocycles. The minimum absolute atomic E-state index is 0.0344. The molecule has 6 nitrogen and oxygen atoms in total. The Morgan fingerprint density at radius 1 is 1.06 bits per heavy atom. The van der Waals surface area contributed by atoms with E-state index in [-0.39, 0.29) is 30.0 Å². The van der Waals surface area contributed by atoms with Gasteiger partial charge in [0, 0.05) is 13.0 Å². The SMILES string of the molecule is CC(C)([C@@H]1CCN(c2ccc(C(F)(F)F)nc2)C(=O)C1)S(=O)(=O)c1cccc(OC(F)(F)F)c1. The number of hydrogen-bond acceptors (Lipinski definition) is 5. The van der Waals surface area contributed by atoms with Crippen LogP contribution in [0.5, 0.6) is 5.75 Å². The van der Waals surface area contributed by atoms with Crippen LogP contribution in [0.1, 0.15) is 32.4 Å². The highest BCUT2D eigenvalue weighted by molar-refractivity contribution is 7.92. The van der Waals surface area contributed by atoms with Gasteiger partial charge in [-0.3, -0.25) is 4.79 Å². The first-order valence-electron chi connectivity index (χ1n) is 9.96. The Morgan fingerprint density at radius 2 is 1.74 bits per heavy atom. The van der Waals surface area contributed by atoms with E-state index in [1.807, 2.05) is 0 Å². The minimum Gasteiger partial charge on any atom is -0.406 e. The summed E-state index contributed by atoms with van der Waals surface area (Å²) in [5, 5.41) is 0. The van der Waals surface area contributed by atoms with E-state index >= 15 is 0 Å². The van der Waals surface area contributed by atoms with Crippen LogP contribution in [0.3, 0.4) is 0 Å². The topological polar surface area (TPSA) is 76.6 Å². The number of pyridine rings is 1. The Bertz CT molecular complexity index is 1160. The maximum Gasteiger partial charge on any atom is 0.573 e. The van der Waals surface area contributed by atoms with Crippen LogP contribution in [0.4, 0.5) is 32.0 Å². The predicted octanol–water partition coefficient (Wildman–Crippen LogP) is 4.99. The fourth-order valence-corrected chi connectivity index (χ4v) is 5.55. The van der Waals surface area contributed by atoms with Gasteiger partial charge in [0.15, 0.2) is 9.84 Å². The molecule has 1 saturated heterocycles. The predicted molar refractivity (Wildman–Crippen MR) is 109 cm³/mol. The normalized spacial score (nSPS) is 18.2. The van der Waals surface area contributed by atoms with E-state index in [9.17, 15) is 39.6 Å². The van der Waals surface area contributed by atoms with Gasteiger partial charge in [-0.15, -0.1) is 13.2 Å². The second-order valence-corrected chi connectivity index (χ2v) is 10.8. The number of halogens is 6. The van der Waals surface area contributed by atoms with Crippen LogP contribution in [0.2, 0.25) is 0 Å². The minimum atomic E-state index is -5.00. The molecule has 186 valence electrons. The molecule has 1 fully saturated rings. The number of sulfone groups is 1. The number of alkyl halides is 6. The second-order valence-electron chi connectivity index (χ2n) is 8.26. The molecule has 1 amide bonds. The van der Waals surface area contributed by atoms with Crippen LogP contribution >= 0.6 is 0 Å². The fraction of sp³-hybridized carbons (Fsp3) is 0.429. The molecular formula is C21H20F6N2O4S. The van der Waals surface area contributed by atoms with E-state index in [1.54, 1.807) is 0 Å². The van der Waals surface area contributed by atoms with Crippen LogP contribution in [-0.2, 0) is 20.8 Å². The summed E-state index contributed by atoms with van der Waals surface area (Å²) >= 11 is 0. The molecule has 1 atom stereocenters. The number of nitrogens with zero attached hydrogens (tertiary/aromatic N) is 2. The quantitative estimate of drug-likeness (QED) is 0.530. The average Bonchev–Trinajstić information content (AvgIpc) is 2.72. The summed E-state index contributed by atoms with van der Waals surface area (Å²) in [7, 11) is -4.20. The summed E-state index contributed by atoms with van der Waals surface area (Å²) in [5.74, 6) is -1.89. The highest BCUT2D eigenvalue weighted by atomic mass is 32.2. The van der Waals surface area contributed by atoms with Crippen molar-refractivity contribution in [3.63, 3.8) is 0 Å². The summed E-state index contributed by atoms with van der Waals surface area (Å²) in [6.07, 6.45) is -8.74. The first-order chi connectivity index (χ1) is 15.5. The number of benzene rings is 1. The number of aromatic nitrogens is 1. The Balaban J connectivity index is 1.79. The molecule has 0 aliphatic carbocycles. The summed E-state index contributed by atoms with van der Waals surface area (Å²) in [4.78, 5) is 16.9. The third kappa shape index (κ3) is 5.29. The van der Waals surface area contributed by atoms with Gasteiger partial charge in [0.25, 0.3) is 0 Å². The van der Waals surface area contributed by atoms with Gasteiger partial charge in [-0.1, -0.05) is 6.07 Å². The van der Waals surface area contributed by atoms with Crippen LogP contribution in [0.25, 0.3) is 0 Å². The second kappa shape index (κ2) is 8.75. The molecule has 0 unspecified atom stereocenters. The third-order valence-electron chi connectivity index (χ3n) is 5.80. The summed E-state index contributed by atoms with van der Waals surface area (Å²) in [6, 6.07) is 5.87. The number of ether oxygens (including phenoxy) is 1. The molecule has 0 N–H and O–H groups in total. The zero-order valence-corrected chi connectivity index (χ0v) is 18.8. The molecule has 1 aliphatic rings. The summed E-state index contributed by atoms with van der Waals surface area (Å²) in [5.41, 5.74) is -0.961. The fourth-order valence-electron chi connectivity index (χ4n) is 3.77. The zero-order chi connectivity index (χ0) is 25.5. The Hall–Kier alpha value is -2.83. The molecule has 2 heterocycles. The first-order valence-corrected chi connectivity index (χ1v) is 11.4. The maximum atomic E-state index is 13.3. The Kier molecular flexibility index (Phi) is 6.64. The molecule has 1 aromatic carbocycles. The van der Waals surface area contributed by atoms with Gasteiger partial charge >= 0.3 is 12.5 Å². The molecule has 0 radical (unpaired) electrons. The van der Waals surface area contributed by atoms with Crippen LogP contribution in [0.15, 0.2) is 47.5 Å². The number of piperidine rings is 1. The van der Waals surface area contributed by atoms with E-state index in [0.29, 0.717) is 0 Å². The van der Waals surface area contributed by atoms with Gasteiger partial charge in [0.05, 0.1) is 21.5 Å². The number of carbonyl (C=O) groups excluding carboxylic acids is 1. The number of rotatable bonds is 5. The summed E-state index contributed by atoms with van der Waals surface area (Å²) in [6.45, 7) is 2.80.